The van der Waals surface area contributed by atoms with Gasteiger partial charge < -0.3 is 15.0 Å². The van der Waals surface area contributed by atoms with Gasteiger partial charge >= 0.3 is 0 Å². The minimum absolute atomic E-state index is 0.110. The van der Waals surface area contributed by atoms with Crippen LogP contribution in [0, 0.1) is 17.3 Å². The van der Waals surface area contributed by atoms with E-state index in [2.05, 4.69) is 62.1 Å². The summed E-state index contributed by atoms with van der Waals surface area (Å²) in [6.07, 6.45) is 8.15. The number of amides is 1. The Morgan fingerprint density at radius 1 is 1.42 bits per heavy atom. The highest BCUT2D eigenvalue weighted by Crippen LogP contribution is 2.53. The van der Waals surface area contributed by atoms with E-state index in [-0.39, 0.29) is 22.8 Å². The van der Waals surface area contributed by atoms with Crippen molar-refractivity contribution in [3.8, 4) is 0 Å². The Morgan fingerprint density at radius 2 is 2.19 bits per heavy atom. The summed E-state index contributed by atoms with van der Waals surface area (Å²) < 4.78 is 6.45. The fourth-order valence-electron chi connectivity index (χ4n) is 5.48. The highest BCUT2D eigenvalue weighted by Gasteiger charge is 2.54. The van der Waals surface area contributed by atoms with Crippen LogP contribution in [0.15, 0.2) is 6.20 Å². The third-order valence-electron chi connectivity index (χ3n) is 7.09. The van der Waals surface area contributed by atoms with Gasteiger partial charge in [-0.3, -0.25) is 9.89 Å². The number of carbonyl (C=O) groups is 1. The molecule has 2 fully saturated rings. The van der Waals surface area contributed by atoms with E-state index in [0.29, 0.717) is 11.8 Å². The van der Waals surface area contributed by atoms with Crippen LogP contribution in [0.4, 0.5) is 0 Å². The number of ether oxygens (including phenoxy) is 1. The molecule has 6 heteroatoms. The average Bonchev–Trinajstić information content (AvgIpc) is 3.29. The van der Waals surface area contributed by atoms with Crippen molar-refractivity contribution in [1.82, 2.24) is 20.4 Å². The molecule has 1 aliphatic carbocycles. The molecule has 6 nitrogen and oxygen atoms in total. The summed E-state index contributed by atoms with van der Waals surface area (Å²) in [5.41, 5.74) is 2.30. The molecule has 1 spiro atoms. The molecule has 0 radical (unpaired) electrons. The topological polar surface area (TPSA) is 70.2 Å². The molecule has 3 rings (SSSR count). The summed E-state index contributed by atoms with van der Waals surface area (Å²) in [6, 6.07) is 0. The zero-order valence-electron chi connectivity index (χ0n) is 20.6. The first-order valence-electron chi connectivity index (χ1n) is 12.3. The predicted octanol–water partition coefficient (Wildman–Crippen LogP) is 4.48. The smallest absolute Gasteiger partial charge is 0.226 e. The number of hydrogen-bond donors (Lipinski definition) is 2. The van der Waals surface area contributed by atoms with Gasteiger partial charge in [-0.25, -0.2) is 0 Å². The Hall–Kier alpha value is -1.40. The zero-order chi connectivity index (χ0) is 22.6. The van der Waals surface area contributed by atoms with Gasteiger partial charge in [0.25, 0.3) is 0 Å². The molecule has 1 aromatic heterocycles. The number of carbonyl (C=O) groups excluding carboxylic acids is 1. The molecule has 1 saturated carbocycles. The third kappa shape index (κ3) is 5.89. The average molecular weight is 433 g/mol. The maximum Gasteiger partial charge on any atom is 0.226 e. The van der Waals surface area contributed by atoms with Crippen molar-refractivity contribution in [2.24, 2.45) is 17.3 Å². The maximum absolute atomic E-state index is 13.3. The van der Waals surface area contributed by atoms with Crippen molar-refractivity contribution in [3.05, 3.63) is 17.5 Å². The van der Waals surface area contributed by atoms with Crippen LogP contribution in [0.5, 0.6) is 0 Å². The van der Waals surface area contributed by atoms with Crippen LogP contribution in [0.3, 0.4) is 0 Å². The van der Waals surface area contributed by atoms with E-state index in [4.69, 9.17) is 4.74 Å². The van der Waals surface area contributed by atoms with Gasteiger partial charge in [-0.1, -0.05) is 41.0 Å². The van der Waals surface area contributed by atoms with Gasteiger partial charge in [-0.2, -0.15) is 5.10 Å². The summed E-state index contributed by atoms with van der Waals surface area (Å²) in [5, 5.41) is 10.9. The van der Waals surface area contributed by atoms with Gasteiger partial charge in [0.1, 0.15) is 0 Å². The van der Waals surface area contributed by atoms with Crippen LogP contribution in [-0.4, -0.2) is 53.3 Å². The third-order valence-corrected chi connectivity index (χ3v) is 7.09. The monoisotopic (exact) mass is 432 g/mol. The van der Waals surface area contributed by atoms with Gasteiger partial charge in [-0.15, -0.1) is 0 Å². The highest BCUT2D eigenvalue weighted by atomic mass is 16.5. The SMILES string of the molecule is CCCCN(C)Cc1cn[nH]c1[C@@H]1CC[C@@]2(CC(C)(C)CO2)C(C(=O)NCC(C)C)C1. The predicted molar refractivity (Wildman–Crippen MR) is 125 cm³/mol. The molecule has 2 N–H and O–H groups in total. The Balaban J connectivity index is 1.77. The Morgan fingerprint density at radius 3 is 2.84 bits per heavy atom. The lowest BCUT2D eigenvalue weighted by molar-refractivity contribution is -0.141. The molecule has 31 heavy (non-hydrogen) atoms. The first kappa shape index (κ1) is 24.2. The van der Waals surface area contributed by atoms with Crippen molar-refractivity contribution >= 4 is 5.91 Å². The van der Waals surface area contributed by atoms with Crippen molar-refractivity contribution in [1.29, 1.82) is 0 Å². The van der Waals surface area contributed by atoms with Gasteiger partial charge in [-0.05, 0) is 57.0 Å². The van der Waals surface area contributed by atoms with E-state index < -0.39 is 0 Å². The molecular formula is C25H44N4O2. The molecule has 0 aromatic carbocycles. The molecule has 1 aliphatic heterocycles. The number of nitrogens with zero attached hydrogens (tertiary/aromatic N) is 2. The van der Waals surface area contributed by atoms with Crippen LogP contribution in [-0.2, 0) is 16.1 Å². The number of hydrogen-bond acceptors (Lipinski definition) is 4. The van der Waals surface area contributed by atoms with E-state index >= 15 is 0 Å². The van der Waals surface area contributed by atoms with E-state index in [1.807, 2.05) is 6.20 Å². The van der Waals surface area contributed by atoms with Crippen molar-refractivity contribution in [2.45, 2.75) is 91.2 Å². The molecule has 1 unspecified atom stereocenters. The van der Waals surface area contributed by atoms with Gasteiger partial charge in [0.2, 0.25) is 5.91 Å². The second kappa shape index (κ2) is 10.0. The number of aromatic nitrogens is 2. The van der Waals surface area contributed by atoms with Gasteiger partial charge in [0.15, 0.2) is 0 Å². The summed E-state index contributed by atoms with van der Waals surface area (Å²) in [4.78, 5) is 15.7. The first-order valence-corrected chi connectivity index (χ1v) is 12.3. The minimum Gasteiger partial charge on any atom is -0.374 e. The summed E-state index contributed by atoms with van der Waals surface area (Å²) in [5.74, 6) is 0.820. The summed E-state index contributed by atoms with van der Waals surface area (Å²) in [7, 11) is 2.18. The second-order valence-corrected chi connectivity index (χ2v) is 11.3. The molecule has 2 heterocycles. The Kier molecular flexibility index (Phi) is 7.85. The van der Waals surface area contributed by atoms with Gasteiger partial charge in [0.05, 0.1) is 24.3 Å². The summed E-state index contributed by atoms with van der Waals surface area (Å²) >= 11 is 0. The van der Waals surface area contributed by atoms with Crippen molar-refractivity contribution in [2.75, 3.05) is 26.7 Å². The lowest BCUT2D eigenvalue weighted by Crippen LogP contribution is -2.50. The fraction of sp³-hybridized carbons (Fsp3) is 0.840. The van der Waals surface area contributed by atoms with Crippen LogP contribution in [0.25, 0.3) is 0 Å². The molecule has 3 atom stereocenters. The highest BCUT2D eigenvalue weighted by molar-refractivity contribution is 5.80. The zero-order valence-corrected chi connectivity index (χ0v) is 20.6. The minimum atomic E-state index is -0.320. The Bertz CT molecular complexity index is 729. The largest absolute Gasteiger partial charge is 0.374 e. The van der Waals surface area contributed by atoms with E-state index in [1.54, 1.807) is 0 Å². The fourth-order valence-corrected chi connectivity index (χ4v) is 5.48. The van der Waals surface area contributed by atoms with Crippen LogP contribution >= 0.6 is 0 Å². The molecule has 1 saturated heterocycles. The first-order chi connectivity index (χ1) is 14.7. The molecular weight excluding hydrogens is 388 g/mol. The van der Waals surface area contributed by atoms with E-state index in [1.165, 1.54) is 24.1 Å². The lowest BCUT2D eigenvalue weighted by atomic mass is 9.65. The van der Waals surface area contributed by atoms with Crippen LogP contribution < -0.4 is 5.32 Å². The van der Waals surface area contributed by atoms with E-state index in [0.717, 1.165) is 51.9 Å². The van der Waals surface area contributed by atoms with Crippen LogP contribution in [0.1, 0.15) is 90.3 Å². The molecule has 1 aromatic rings. The van der Waals surface area contributed by atoms with Crippen molar-refractivity contribution < 1.29 is 9.53 Å². The second-order valence-electron chi connectivity index (χ2n) is 11.3. The molecule has 2 aliphatic rings. The molecule has 176 valence electrons. The molecule has 1 amide bonds. The normalized spacial score (nSPS) is 28.0. The molecule has 0 bridgehead atoms. The number of H-pyrrole nitrogens is 1. The van der Waals surface area contributed by atoms with Crippen molar-refractivity contribution in [3.63, 3.8) is 0 Å². The maximum atomic E-state index is 13.3. The van der Waals surface area contributed by atoms with Gasteiger partial charge in [0, 0.05) is 30.3 Å². The Labute approximate surface area is 188 Å². The number of aromatic amines is 1. The number of nitrogens with one attached hydrogen (secondary N) is 2. The number of rotatable bonds is 9. The van der Waals surface area contributed by atoms with E-state index in [9.17, 15) is 4.79 Å². The summed E-state index contributed by atoms with van der Waals surface area (Å²) in [6.45, 7) is 14.5. The standard InChI is InChI=1S/C25H44N4O2/c1-7-8-11-29(6)15-20-14-27-28-22(20)19-9-10-25(16-24(4,5)17-31-25)21(12-19)23(30)26-13-18(2)3/h14,18-19,21H,7-13,15-17H2,1-6H3,(H,26,30)(H,27,28)/t19-,21?,25-/m1/s1. The lowest BCUT2D eigenvalue weighted by Gasteiger charge is -2.43. The quantitative estimate of drug-likeness (QED) is 0.603. The van der Waals surface area contributed by atoms with Crippen LogP contribution in [0.2, 0.25) is 0 Å². The number of unbranched alkanes of at least 4 members (excludes halogenated alkanes) is 1.